The molecule has 1 aromatic carbocycles. The second kappa shape index (κ2) is 6.60. The molecule has 0 nitrogen and oxygen atoms in total. The zero-order valence-electron chi connectivity index (χ0n) is 6.85. The van der Waals surface area contributed by atoms with Gasteiger partial charge in [0.15, 0.2) is 0 Å². The molecule has 1 atom stereocenters. The van der Waals surface area contributed by atoms with Crippen molar-refractivity contribution < 1.29 is 0 Å². The maximum absolute atomic E-state index is 5.54. The Morgan fingerprint density at radius 3 is 2.23 bits per heavy atom. The molecule has 0 spiro atoms. The summed E-state index contributed by atoms with van der Waals surface area (Å²) in [6.07, 6.45) is 2.13. The summed E-state index contributed by atoms with van der Waals surface area (Å²) in [4.78, 5) is 0. The van der Waals surface area contributed by atoms with Crippen molar-refractivity contribution in [1.82, 2.24) is 0 Å². The Hall–Kier alpha value is 0.170. The third-order valence-corrected chi connectivity index (χ3v) is 4.96. The molecule has 70 valence electrons. The second-order valence-electron chi connectivity index (χ2n) is 2.23. The lowest BCUT2D eigenvalue weighted by Crippen LogP contribution is -1.72. The molecular weight excluding hydrogens is 240 g/mol. The summed E-state index contributed by atoms with van der Waals surface area (Å²) in [6.45, 7) is 0. The Labute approximate surface area is 94.4 Å². The number of rotatable bonds is 0. The van der Waals surface area contributed by atoms with Crippen LogP contribution in [0.25, 0.3) is 0 Å². The van der Waals surface area contributed by atoms with Crippen molar-refractivity contribution in [3.8, 4) is 0 Å². The van der Waals surface area contributed by atoms with Crippen LogP contribution in [0.1, 0.15) is 0 Å². The van der Waals surface area contributed by atoms with Gasteiger partial charge in [0.2, 0.25) is 0 Å². The molecule has 2 rings (SSSR count). The van der Waals surface area contributed by atoms with E-state index in [0.717, 1.165) is 10.8 Å². The molecule has 0 saturated heterocycles. The first kappa shape index (κ1) is 11.2. The van der Waals surface area contributed by atoms with E-state index in [1.807, 2.05) is 30.3 Å². The van der Waals surface area contributed by atoms with Gasteiger partial charge in [-0.3, -0.25) is 0 Å². The van der Waals surface area contributed by atoms with Gasteiger partial charge in [0.25, 0.3) is 0 Å². The summed E-state index contributed by atoms with van der Waals surface area (Å²) in [7, 11) is 1.98. The van der Waals surface area contributed by atoms with E-state index >= 15 is 0 Å². The number of halogens is 1. The van der Waals surface area contributed by atoms with Crippen LogP contribution in [0.2, 0.25) is 5.02 Å². The number of hydrogen-bond donors (Lipinski definition) is 0. The third kappa shape index (κ3) is 5.47. The van der Waals surface area contributed by atoms with Gasteiger partial charge in [0, 0.05) is 10.8 Å². The average Bonchev–Trinajstić information content (AvgIpc) is 2.58. The quantitative estimate of drug-likeness (QED) is 0.644. The predicted molar refractivity (Wildman–Crippen MR) is 67.8 cm³/mol. The Morgan fingerprint density at radius 1 is 1.31 bits per heavy atom. The highest BCUT2D eigenvalue weighted by Gasteiger charge is 1.93. The number of benzene rings is 1. The van der Waals surface area contributed by atoms with Gasteiger partial charge in [-0.25, -0.2) is 0 Å². The fraction of sp³-hybridized carbons (Fsp3) is 0.111. The Kier molecular flexibility index (Phi) is 5.71. The molecule has 1 aliphatic rings. The lowest BCUT2D eigenvalue weighted by atomic mass is 10.4. The van der Waals surface area contributed by atoms with E-state index in [4.69, 9.17) is 22.8 Å². The molecule has 13 heavy (non-hydrogen) atoms. The molecule has 1 heterocycles. The van der Waals surface area contributed by atoms with E-state index in [-0.39, 0.29) is 8.49 Å². The van der Waals surface area contributed by atoms with Gasteiger partial charge in [0.1, 0.15) is 0 Å². The van der Waals surface area contributed by atoms with Gasteiger partial charge in [-0.05, 0) is 28.7 Å². The van der Waals surface area contributed by atoms with Crippen LogP contribution >= 0.6 is 22.4 Å². The van der Waals surface area contributed by atoms with Crippen LogP contribution in [0, 0.1) is 0 Å². The van der Waals surface area contributed by atoms with Crippen LogP contribution in [0.4, 0.5) is 0 Å². The van der Waals surface area contributed by atoms with Crippen molar-refractivity contribution in [1.29, 1.82) is 0 Å². The van der Waals surface area contributed by atoms with E-state index < -0.39 is 0 Å². The average molecular weight is 249 g/mol. The second-order valence-corrected chi connectivity index (χ2v) is 7.70. The molecule has 0 aliphatic carbocycles. The van der Waals surface area contributed by atoms with Crippen LogP contribution in [0.5, 0.6) is 0 Å². The van der Waals surface area contributed by atoms with Crippen LogP contribution in [-0.2, 0) is 19.7 Å². The molecular formula is C9H9ClS3. The largest absolute Gasteiger partial charge is 0.0843 e. The molecule has 1 aromatic rings. The van der Waals surface area contributed by atoms with Gasteiger partial charge in [0.05, 0.1) is 0 Å². The molecule has 0 amide bonds. The van der Waals surface area contributed by atoms with E-state index in [9.17, 15) is 0 Å². The topological polar surface area (TPSA) is 0 Å². The zero-order valence-corrected chi connectivity index (χ0v) is 10.1. The highest BCUT2D eigenvalue weighted by molar-refractivity contribution is 8.84. The first-order chi connectivity index (χ1) is 6.29. The molecule has 1 unspecified atom stereocenters. The van der Waals surface area contributed by atoms with E-state index in [1.165, 1.54) is 0 Å². The van der Waals surface area contributed by atoms with Crippen LogP contribution < -0.4 is 0 Å². The van der Waals surface area contributed by atoms with Crippen molar-refractivity contribution in [2.24, 2.45) is 0 Å². The van der Waals surface area contributed by atoms with E-state index in [0.29, 0.717) is 0 Å². The van der Waals surface area contributed by atoms with Crippen LogP contribution in [0.3, 0.4) is 0 Å². The van der Waals surface area contributed by atoms with Gasteiger partial charge < -0.3 is 0 Å². The maximum Gasteiger partial charge on any atom is 0.0405 e. The molecule has 0 saturated carbocycles. The van der Waals surface area contributed by atoms with Crippen molar-refractivity contribution >= 4 is 42.1 Å². The maximum atomic E-state index is 5.54. The van der Waals surface area contributed by atoms with Gasteiger partial charge >= 0.3 is 0 Å². The molecule has 0 N–H and O–H groups in total. The van der Waals surface area contributed by atoms with Crippen molar-refractivity contribution in [2.45, 2.75) is 0 Å². The molecule has 0 radical (unpaired) electrons. The lowest BCUT2D eigenvalue weighted by molar-refractivity contribution is 1.71. The smallest absolute Gasteiger partial charge is 0.0405 e. The monoisotopic (exact) mass is 248 g/mol. The minimum Gasteiger partial charge on any atom is -0.0843 e. The first-order valence-corrected chi connectivity index (χ1v) is 7.79. The summed E-state index contributed by atoms with van der Waals surface area (Å²) >= 11 is 10.5. The Balaban J connectivity index is 0.000000132. The number of hydrogen-bond acceptors (Lipinski definition) is 2. The highest BCUT2D eigenvalue weighted by atomic mass is 35.5. The van der Waals surface area contributed by atoms with Crippen molar-refractivity contribution in [3.05, 3.63) is 46.8 Å². The van der Waals surface area contributed by atoms with Gasteiger partial charge in [-0.15, -0.1) is 0 Å². The summed E-state index contributed by atoms with van der Waals surface area (Å²) < 4.78 is 0. The summed E-state index contributed by atoms with van der Waals surface area (Å²) in [6, 6.07) is 9.44. The third-order valence-electron chi connectivity index (χ3n) is 1.22. The molecule has 0 fully saturated rings. The highest BCUT2D eigenvalue weighted by Crippen LogP contribution is 2.16. The summed E-state index contributed by atoms with van der Waals surface area (Å²) in [5.41, 5.74) is 0. The van der Waals surface area contributed by atoms with Crippen molar-refractivity contribution in [3.63, 3.8) is 0 Å². The summed E-state index contributed by atoms with van der Waals surface area (Å²) in [5.74, 6) is 1.11. The molecule has 1 aliphatic heterocycles. The van der Waals surface area contributed by atoms with Gasteiger partial charge in [-0.1, -0.05) is 55.2 Å². The predicted octanol–water partition coefficient (Wildman–Crippen LogP) is 3.58. The lowest BCUT2D eigenvalue weighted by Gasteiger charge is -1.80. The summed E-state index contributed by atoms with van der Waals surface area (Å²) in [5, 5.41) is 2.87. The molecule has 0 aromatic heterocycles. The minimum atomic E-state index is 0.216. The Morgan fingerprint density at radius 2 is 2.00 bits per heavy atom. The fourth-order valence-corrected chi connectivity index (χ4v) is 3.29. The fourth-order valence-electron chi connectivity index (χ4n) is 0.673. The first-order valence-electron chi connectivity index (χ1n) is 3.70. The standard InChI is InChI=1S/C6H5Cl.C3H4S3/c7-6-4-2-1-3-5-6;4-6-3-1-2-5-6/h1-5H;1-2H,3H2. The normalized spacial score (nSPS) is 19.3. The minimum absolute atomic E-state index is 0.216. The Bertz CT molecular complexity index is 285. The van der Waals surface area contributed by atoms with Gasteiger partial charge in [-0.2, -0.15) is 0 Å². The van der Waals surface area contributed by atoms with Crippen LogP contribution in [0.15, 0.2) is 41.8 Å². The molecule has 0 bridgehead atoms. The van der Waals surface area contributed by atoms with E-state index in [2.05, 4.69) is 11.5 Å². The SMILES string of the molecule is Clc1ccccc1.S=S1CC=CS1. The van der Waals surface area contributed by atoms with E-state index in [1.54, 1.807) is 10.8 Å². The zero-order chi connectivity index (χ0) is 9.52. The molecule has 4 heteroatoms. The van der Waals surface area contributed by atoms with Crippen molar-refractivity contribution in [2.75, 3.05) is 5.75 Å². The van der Waals surface area contributed by atoms with Crippen LogP contribution in [-0.4, -0.2) is 5.75 Å².